The van der Waals surface area contributed by atoms with E-state index < -0.39 is 6.09 Å². The first-order valence-corrected chi connectivity index (χ1v) is 10.5. The second-order valence-electron chi connectivity index (χ2n) is 7.24. The van der Waals surface area contributed by atoms with E-state index in [1.165, 1.54) is 23.7 Å². The molecule has 0 saturated carbocycles. The molecule has 9 heteroatoms. The second kappa shape index (κ2) is 9.15. The monoisotopic (exact) mass is 427 g/mol. The van der Waals surface area contributed by atoms with Crippen molar-refractivity contribution in [3.05, 3.63) is 46.2 Å². The van der Waals surface area contributed by atoms with Crippen molar-refractivity contribution in [3.63, 3.8) is 0 Å². The highest BCUT2D eigenvalue weighted by molar-refractivity contribution is 7.16. The van der Waals surface area contributed by atoms with Crippen LogP contribution >= 0.6 is 11.3 Å². The van der Waals surface area contributed by atoms with Crippen LogP contribution in [0.1, 0.15) is 28.2 Å². The number of alkyl carbamates (subject to hydrolysis) is 1. The van der Waals surface area contributed by atoms with E-state index in [-0.39, 0.29) is 17.9 Å². The van der Waals surface area contributed by atoms with E-state index in [2.05, 4.69) is 16.7 Å². The SMILES string of the molecule is N#Cc1c(NC(=O)C=Cc2ccco2)sc2c1CCC(COC(=O)NC1COC1)C2. The molecule has 2 amide bonds. The fourth-order valence-corrected chi connectivity index (χ4v) is 4.74. The van der Waals surface area contributed by atoms with Gasteiger partial charge in [0.25, 0.3) is 0 Å². The van der Waals surface area contributed by atoms with E-state index in [9.17, 15) is 14.9 Å². The summed E-state index contributed by atoms with van der Waals surface area (Å²) in [5.74, 6) is 0.444. The van der Waals surface area contributed by atoms with Crippen LogP contribution in [0.3, 0.4) is 0 Å². The summed E-state index contributed by atoms with van der Waals surface area (Å²) in [6.45, 7) is 1.38. The zero-order valence-corrected chi connectivity index (χ0v) is 17.0. The van der Waals surface area contributed by atoms with Gasteiger partial charge < -0.3 is 24.5 Å². The minimum atomic E-state index is -0.422. The van der Waals surface area contributed by atoms with E-state index in [0.717, 1.165) is 23.3 Å². The first kappa shape index (κ1) is 20.2. The van der Waals surface area contributed by atoms with Crippen LogP contribution < -0.4 is 10.6 Å². The molecule has 2 aliphatic rings. The van der Waals surface area contributed by atoms with Crippen molar-refractivity contribution >= 4 is 34.4 Å². The van der Waals surface area contributed by atoms with Crippen molar-refractivity contribution in [1.29, 1.82) is 5.26 Å². The Labute approximate surface area is 177 Å². The summed E-state index contributed by atoms with van der Waals surface area (Å²) in [6.07, 6.45) is 6.32. The molecule has 8 nitrogen and oxygen atoms in total. The van der Waals surface area contributed by atoms with Crippen LogP contribution in [0.2, 0.25) is 0 Å². The number of thiophene rings is 1. The summed E-state index contributed by atoms with van der Waals surface area (Å²) in [5.41, 5.74) is 1.51. The molecular weight excluding hydrogens is 406 g/mol. The van der Waals surface area contributed by atoms with Crippen molar-refractivity contribution in [2.24, 2.45) is 5.92 Å². The molecule has 0 bridgehead atoms. The first-order valence-electron chi connectivity index (χ1n) is 9.70. The first-order chi connectivity index (χ1) is 14.6. The Morgan fingerprint density at radius 1 is 1.40 bits per heavy atom. The molecule has 1 atom stereocenters. The summed E-state index contributed by atoms with van der Waals surface area (Å²) in [6, 6.07) is 5.75. The largest absolute Gasteiger partial charge is 0.465 e. The predicted molar refractivity (Wildman–Crippen MR) is 110 cm³/mol. The van der Waals surface area contributed by atoms with E-state index >= 15 is 0 Å². The highest BCUT2D eigenvalue weighted by Gasteiger charge is 2.28. The summed E-state index contributed by atoms with van der Waals surface area (Å²) in [5, 5.41) is 15.7. The number of hydrogen-bond acceptors (Lipinski definition) is 7. The summed E-state index contributed by atoms with van der Waals surface area (Å²) < 4.78 is 15.5. The van der Waals surface area contributed by atoms with Crippen LogP contribution in [-0.2, 0) is 27.1 Å². The lowest BCUT2D eigenvalue weighted by molar-refractivity contribution is -0.111. The lowest BCUT2D eigenvalue weighted by Gasteiger charge is -2.27. The number of hydrogen-bond donors (Lipinski definition) is 2. The molecule has 1 unspecified atom stereocenters. The molecule has 0 spiro atoms. The van der Waals surface area contributed by atoms with Gasteiger partial charge >= 0.3 is 6.09 Å². The van der Waals surface area contributed by atoms with Crippen LogP contribution in [-0.4, -0.2) is 37.9 Å². The van der Waals surface area contributed by atoms with Gasteiger partial charge in [0, 0.05) is 11.0 Å². The maximum absolute atomic E-state index is 12.2. The fraction of sp³-hybridized carbons (Fsp3) is 0.381. The number of nitriles is 1. The van der Waals surface area contributed by atoms with Gasteiger partial charge in [-0.2, -0.15) is 5.26 Å². The Bertz CT molecular complexity index is 985. The molecule has 30 heavy (non-hydrogen) atoms. The molecule has 2 N–H and O–H groups in total. The van der Waals surface area contributed by atoms with E-state index in [0.29, 0.717) is 42.6 Å². The lowest BCUT2D eigenvalue weighted by Crippen LogP contribution is -2.49. The highest BCUT2D eigenvalue weighted by Crippen LogP contribution is 2.39. The van der Waals surface area contributed by atoms with Crippen LogP contribution in [0.5, 0.6) is 0 Å². The maximum Gasteiger partial charge on any atom is 0.407 e. The van der Waals surface area contributed by atoms with Gasteiger partial charge in [-0.15, -0.1) is 11.3 Å². The van der Waals surface area contributed by atoms with Gasteiger partial charge in [-0.05, 0) is 49.0 Å². The lowest BCUT2D eigenvalue weighted by atomic mass is 9.88. The molecule has 0 aromatic carbocycles. The number of furan rings is 1. The zero-order valence-electron chi connectivity index (χ0n) is 16.2. The standard InChI is InChI=1S/C21H21N3O5S/c22-9-17-16-5-3-13(10-29-21(26)23-14-11-27-12-14)8-18(16)30-20(17)24-19(25)6-4-15-2-1-7-28-15/h1-2,4,6-7,13-14H,3,5,8,10-12H2,(H,23,26)(H,24,25). The van der Waals surface area contributed by atoms with Crippen molar-refractivity contribution < 1.29 is 23.5 Å². The molecule has 2 aromatic rings. The zero-order chi connectivity index (χ0) is 20.9. The van der Waals surface area contributed by atoms with Crippen LogP contribution in [0.4, 0.5) is 9.80 Å². The number of fused-ring (bicyclic) bond motifs is 1. The van der Waals surface area contributed by atoms with Crippen LogP contribution in [0, 0.1) is 17.2 Å². The molecular formula is C21H21N3O5S. The van der Waals surface area contributed by atoms with Gasteiger partial charge in [0.05, 0.1) is 37.7 Å². The molecule has 3 heterocycles. The Morgan fingerprint density at radius 3 is 2.97 bits per heavy atom. The Kier molecular flexibility index (Phi) is 6.16. The fourth-order valence-electron chi connectivity index (χ4n) is 3.42. The molecule has 2 aromatic heterocycles. The third-order valence-electron chi connectivity index (χ3n) is 5.07. The number of amides is 2. The van der Waals surface area contributed by atoms with Gasteiger partial charge in [0.1, 0.15) is 16.8 Å². The van der Waals surface area contributed by atoms with E-state index in [1.54, 1.807) is 18.2 Å². The topological polar surface area (TPSA) is 114 Å². The molecule has 1 aliphatic carbocycles. The summed E-state index contributed by atoms with van der Waals surface area (Å²) in [7, 11) is 0. The Balaban J connectivity index is 1.35. The molecule has 156 valence electrons. The van der Waals surface area contributed by atoms with Crippen LogP contribution in [0.25, 0.3) is 6.08 Å². The average Bonchev–Trinajstić information content (AvgIpc) is 3.34. The minimum absolute atomic E-state index is 0.0407. The maximum atomic E-state index is 12.2. The van der Waals surface area contributed by atoms with Crippen molar-refractivity contribution in [1.82, 2.24) is 5.32 Å². The van der Waals surface area contributed by atoms with Crippen molar-refractivity contribution in [3.8, 4) is 6.07 Å². The van der Waals surface area contributed by atoms with Gasteiger partial charge in [-0.25, -0.2) is 4.79 Å². The quantitative estimate of drug-likeness (QED) is 0.685. The van der Waals surface area contributed by atoms with Crippen LogP contribution in [0.15, 0.2) is 28.9 Å². The van der Waals surface area contributed by atoms with E-state index in [4.69, 9.17) is 13.9 Å². The number of carbonyl (C=O) groups excluding carboxylic acids is 2. The normalized spacial score (nSPS) is 18.3. The number of nitrogens with zero attached hydrogens (tertiary/aromatic N) is 1. The molecule has 4 rings (SSSR count). The number of rotatable bonds is 6. The second-order valence-corrected chi connectivity index (χ2v) is 8.35. The predicted octanol–water partition coefficient (Wildman–Crippen LogP) is 3.09. The van der Waals surface area contributed by atoms with Gasteiger partial charge in [0.2, 0.25) is 5.91 Å². The van der Waals surface area contributed by atoms with Crippen molar-refractivity contribution in [2.45, 2.75) is 25.3 Å². The number of nitrogens with one attached hydrogen (secondary N) is 2. The third-order valence-corrected chi connectivity index (χ3v) is 6.24. The number of ether oxygens (including phenoxy) is 2. The van der Waals surface area contributed by atoms with E-state index in [1.807, 2.05) is 0 Å². The summed E-state index contributed by atoms with van der Waals surface area (Å²) in [4.78, 5) is 25.1. The molecule has 1 fully saturated rings. The summed E-state index contributed by atoms with van der Waals surface area (Å²) >= 11 is 1.42. The Morgan fingerprint density at radius 2 is 2.27 bits per heavy atom. The minimum Gasteiger partial charge on any atom is -0.465 e. The highest BCUT2D eigenvalue weighted by atomic mass is 32.1. The molecule has 0 radical (unpaired) electrons. The third kappa shape index (κ3) is 4.72. The number of carbonyl (C=O) groups is 2. The van der Waals surface area contributed by atoms with Gasteiger partial charge in [-0.1, -0.05) is 0 Å². The Hall–Kier alpha value is -3.09. The molecule has 1 saturated heterocycles. The number of anilines is 1. The van der Waals surface area contributed by atoms with Crippen molar-refractivity contribution in [2.75, 3.05) is 25.1 Å². The van der Waals surface area contributed by atoms with Gasteiger partial charge in [-0.3, -0.25) is 4.79 Å². The van der Waals surface area contributed by atoms with Gasteiger partial charge in [0.15, 0.2) is 0 Å². The smallest absolute Gasteiger partial charge is 0.407 e. The average molecular weight is 427 g/mol. The molecule has 1 aliphatic heterocycles.